The molecule has 0 unspecified atom stereocenters. The van der Waals surface area contributed by atoms with Crippen molar-refractivity contribution < 1.29 is 13.2 Å². The van der Waals surface area contributed by atoms with Gasteiger partial charge in [-0.25, -0.2) is 8.42 Å². The first-order chi connectivity index (χ1) is 16.3. The Labute approximate surface area is 207 Å². The maximum absolute atomic E-state index is 13.5. The van der Waals surface area contributed by atoms with Gasteiger partial charge >= 0.3 is 0 Å². The van der Waals surface area contributed by atoms with Gasteiger partial charge in [-0.2, -0.15) is 11.8 Å². The molecule has 0 fully saturated rings. The van der Waals surface area contributed by atoms with Gasteiger partial charge in [0.2, 0.25) is 5.91 Å². The summed E-state index contributed by atoms with van der Waals surface area (Å²) in [6, 6.07) is 22.2. The van der Waals surface area contributed by atoms with Gasteiger partial charge in [0.05, 0.1) is 10.6 Å². The molecular formula is C27H32N2O3S2. The van der Waals surface area contributed by atoms with Crippen LogP contribution in [0.3, 0.4) is 0 Å². The maximum atomic E-state index is 13.5. The highest BCUT2D eigenvalue weighted by Crippen LogP contribution is 2.27. The van der Waals surface area contributed by atoms with Gasteiger partial charge in [0.1, 0.15) is 6.54 Å². The van der Waals surface area contributed by atoms with Crippen molar-refractivity contribution in [2.24, 2.45) is 0 Å². The zero-order valence-corrected chi connectivity index (χ0v) is 21.6. The number of thioether (sulfide) groups is 1. The highest BCUT2D eigenvalue weighted by molar-refractivity contribution is 7.98. The Morgan fingerprint density at radius 2 is 1.62 bits per heavy atom. The molecule has 0 heterocycles. The van der Waals surface area contributed by atoms with Crippen LogP contribution in [-0.4, -0.2) is 33.2 Å². The van der Waals surface area contributed by atoms with E-state index in [0.717, 1.165) is 29.1 Å². The molecule has 0 saturated heterocycles. The van der Waals surface area contributed by atoms with Gasteiger partial charge in [-0.15, -0.1) is 0 Å². The summed E-state index contributed by atoms with van der Waals surface area (Å²) in [6.07, 6.45) is 0.817. The number of carbonyl (C=O) groups excluding carboxylic acids is 1. The van der Waals surface area contributed by atoms with Crippen molar-refractivity contribution in [3.8, 4) is 0 Å². The lowest BCUT2D eigenvalue weighted by Gasteiger charge is -2.26. The standard InChI is InChI=1S/C27H32N2O3S2/c1-21-14-15-23(3)26(18-21)29(34(31,32)25-12-5-4-6-13-25)19-27(30)28-16-9-17-33-20-24-11-8-7-10-22(24)2/h4-8,10-15,18H,9,16-17,19-20H2,1-3H3,(H,28,30). The molecule has 0 aliphatic rings. The van der Waals surface area contributed by atoms with Crippen LogP contribution < -0.4 is 9.62 Å². The lowest BCUT2D eigenvalue weighted by atomic mass is 10.1. The van der Waals surface area contributed by atoms with Gasteiger partial charge in [-0.05, 0) is 73.4 Å². The van der Waals surface area contributed by atoms with Crippen molar-refractivity contribution in [1.29, 1.82) is 0 Å². The molecule has 0 saturated carbocycles. The molecule has 180 valence electrons. The van der Waals surface area contributed by atoms with Crippen LogP contribution in [0.1, 0.15) is 28.7 Å². The Morgan fingerprint density at radius 3 is 2.35 bits per heavy atom. The molecule has 0 radical (unpaired) electrons. The number of amides is 1. The first-order valence-corrected chi connectivity index (χ1v) is 13.9. The van der Waals surface area contributed by atoms with Gasteiger partial charge in [-0.3, -0.25) is 9.10 Å². The normalized spacial score (nSPS) is 11.3. The predicted molar refractivity (Wildman–Crippen MR) is 142 cm³/mol. The number of hydrogen-bond donors (Lipinski definition) is 1. The fraction of sp³-hybridized carbons (Fsp3) is 0.296. The van der Waals surface area contributed by atoms with Crippen LogP contribution in [0.25, 0.3) is 0 Å². The van der Waals surface area contributed by atoms with Gasteiger partial charge in [0, 0.05) is 12.3 Å². The molecule has 5 nitrogen and oxygen atoms in total. The van der Waals surface area contributed by atoms with Gasteiger partial charge < -0.3 is 5.32 Å². The van der Waals surface area contributed by atoms with Crippen molar-refractivity contribution in [2.75, 3.05) is 23.1 Å². The zero-order valence-electron chi connectivity index (χ0n) is 20.0. The van der Waals surface area contributed by atoms with Crippen molar-refractivity contribution in [1.82, 2.24) is 5.32 Å². The molecular weight excluding hydrogens is 464 g/mol. The van der Waals surface area contributed by atoms with E-state index >= 15 is 0 Å². The van der Waals surface area contributed by atoms with Crippen LogP contribution >= 0.6 is 11.8 Å². The van der Waals surface area contributed by atoms with Crippen LogP contribution in [-0.2, 0) is 20.6 Å². The van der Waals surface area contributed by atoms with Gasteiger partial charge in [0.15, 0.2) is 0 Å². The molecule has 0 aliphatic heterocycles. The number of nitrogens with one attached hydrogen (secondary N) is 1. The highest BCUT2D eigenvalue weighted by atomic mass is 32.2. The average molecular weight is 497 g/mol. The Bertz CT molecular complexity index is 1210. The molecule has 1 amide bonds. The average Bonchev–Trinajstić information content (AvgIpc) is 2.83. The summed E-state index contributed by atoms with van der Waals surface area (Å²) in [6.45, 7) is 6.11. The van der Waals surface area contributed by atoms with E-state index in [1.807, 2.05) is 55.9 Å². The van der Waals surface area contributed by atoms with E-state index in [1.165, 1.54) is 15.4 Å². The summed E-state index contributed by atoms with van der Waals surface area (Å²) in [5, 5.41) is 2.89. The molecule has 0 bridgehead atoms. The largest absolute Gasteiger partial charge is 0.354 e. The summed E-state index contributed by atoms with van der Waals surface area (Å²) in [7, 11) is -3.89. The lowest BCUT2D eigenvalue weighted by molar-refractivity contribution is -0.119. The molecule has 34 heavy (non-hydrogen) atoms. The molecule has 3 aromatic rings. The van der Waals surface area contributed by atoms with E-state index in [4.69, 9.17) is 0 Å². The van der Waals surface area contributed by atoms with Crippen LogP contribution in [0, 0.1) is 20.8 Å². The number of hydrogen-bond acceptors (Lipinski definition) is 4. The van der Waals surface area contributed by atoms with E-state index in [9.17, 15) is 13.2 Å². The zero-order chi connectivity index (χ0) is 24.6. The summed E-state index contributed by atoms with van der Waals surface area (Å²) >= 11 is 1.83. The fourth-order valence-electron chi connectivity index (χ4n) is 3.55. The van der Waals surface area contributed by atoms with Gasteiger partial charge in [-0.1, -0.05) is 54.6 Å². The Hall–Kier alpha value is -2.77. The lowest BCUT2D eigenvalue weighted by Crippen LogP contribution is -2.41. The van der Waals surface area contributed by atoms with Crippen molar-refractivity contribution >= 4 is 33.4 Å². The van der Waals surface area contributed by atoms with E-state index in [-0.39, 0.29) is 17.3 Å². The van der Waals surface area contributed by atoms with Gasteiger partial charge in [0.25, 0.3) is 10.0 Å². The van der Waals surface area contributed by atoms with Crippen LogP contribution in [0.5, 0.6) is 0 Å². The number of aryl methyl sites for hydroxylation is 3. The maximum Gasteiger partial charge on any atom is 0.264 e. The van der Waals surface area contributed by atoms with E-state index in [0.29, 0.717) is 12.2 Å². The number of rotatable bonds is 11. The summed E-state index contributed by atoms with van der Waals surface area (Å²) in [4.78, 5) is 12.9. The molecule has 0 spiro atoms. The third-order valence-corrected chi connectivity index (χ3v) is 8.42. The number of nitrogens with zero attached hydrogens (tertiary/aromatic N) is 1. The van der Waals surface area contributed by atoms with E-state index in [2.05, 4.69) is 24.4 Å². The third-order valence-electron chi connectivity index (χ3n) is 5.56. The summed E-state index contributed by atoms with van der Waals surface area (Å²) in [5.74, 6) is 1.54. The number of anilines is 1. The third kappa shape index (κ3) is 6.87. The minimum absolute atomic E-state index is 0.163. The molecule has 0 atom stereocenters. The number of sulfonamides is 1. The molecule has 0 aromatic heterocycles. The molecule has 7 heteroatoms. The fourth-order valence-corrected chi connectivity index (χ4v) is 6.09. The number of benzene rings is 3. The number of carbonyl (C=O) groups is 1. The second kappa shape index (κ2) is 12.1. The Morgan fingerprint density at radius 1 is 0.912 bits per heavy atom. The van der Waals surface area contributed by atoms with Crippen LogP contribution in [0.2, 0.25) is 0 Å². The topological polar surface area (TPSA) is 66.5 Å². The van der Waals surface area contributed by atoms with E-state index < -0.39 is 10.0 Å². The van der Waals surface area contributed by atoms with Crippen molar-refractivity contribution in [3.05, 3.63) is 95.1 Å². The SMILES string of the molecule is Cc1ccc(C)c(N(CC(=O)NCCCSCc2ccccc2C)S(=O)(=O)c2ccccc2)c1. The van der Waals surface area contributed by atoms with E-state index in [1.54, 1.807) is 30.3 Å². The van der Waals surface area contributed by atoms with Crippen LogP contribution in [0.4, 0.5) is 5.69 Å². The first kappa shape index (κ1) is 25.8. The Kier molecular flexibility index (Phi) is 9.19. The monoisotopic (exact) mass is 496 g/mol. The molecule has 3 rings (SSSR count). The smallest absolute Gasteiger partial charge is 0.264 e. The highest BCUT2D eigenvalue weighted by Gasteiger charge is 2.28. The second-order valence-electron chi connectivity index (χ2n) is 8.30. The van der Waals surface area contributed by atoms with Crippen molar-refractivity contribution in [2.45, 2.75) is 37.8 Å². The minimum atomic E-state index is -3.89. The quantitative estimate of drug-likeness (QED) is 0.368. The van der Waals surface area contributed by atoms with Crippen LogP contribution in [0.15, 0.2) is 77.7 Å². The Balaban J connectivity index is 1.62. The second-order valence-corrected chi connectivity index (χ2v) is 11.3. The first-order valence-electron chi connectivity index (χ1n) is 11.3. The van der Waals surface area contributed by atoms with Crippen molar-refractivity contribution in [3.63, 3.8) is 0 Å². The molecule has 1 N–H and O–H groups in total. The molecule has 3 aromatic carbocycles. The minimum Gasteiger partial charge on any atom is -0.354 e. The molecule has 0 aliphatic carbocycles. The predicted octanol–water partition coefficient (Wildman–Crippen LogP) is 5.25. The summed E-state index contributed by atoms with van der Waals surface area (Å²) < 4.78 is 28.1. The summed E-state index contributed by atoms with van der Waals surface area (Å²) in [5.41, 5.74) is 4.86.